The van der Waals surface area contributed by atoms with E-state index in [2.05, 4.69) is 5.32 Å². The molecule has 3 aromatic carbocycles. The highest BCUT2D eigenvalue weighted by Gasteiger charge is 2.20. The molecule has 0 fully saturated rings. The van der Waals surface area contributed by atoms with E-state index >= 15 is 0 Å². The van der Waals surface area contributed by atoms with Crippen molar-refractivity contribution in [2.75, 3.05) is 30.8 Å². The van der Waals surface area contributed by atoms with Gasteiger partial charge in [0.25, 0.3) is 11.6 Å². The summed E-state index contributed by atoms with van der Waals surface area (Å²) in [6.45, 7) is 0.506. The molecular formula is C24H25N3O7S. The average Bonchev–Trinajstić information content (AvgIpc) is 2.85. The zero-order chi connectivity index (χ0) is 25.4. The number of anilines is 1. The van der Waals surface area contributed by atoms with Crippen molar-refractivity contribution in [1.82, 2.24) is 5.32 Å². The molecule has 0 saturated heterocycles. The van der Waals surface area contributed by atoms with Crippen LogP contribution in [0, 0.1) is 10.1 Å². The Kier molecular flexibility index (Phi) is 8.26. The molecule has 10 nitrogen and oxygen atoms in total. The van der Waals surface area contributed by atoms with Crippen LogP contribution in [0.15, 0.2) is 72.8 Å². The molecule has 3 rings (SSSR count). The van der Waals surface area contributed by atoms with Gasteiger partial charge in [-0.15, -0.1) is 0 Å². The Labute approximate surface area is 203 Å². The molecule has 0 saturated carbocycles. The van der Waals surface area contributed by atoms with E-state index in [4.69, 9.17) is 9.47 Å². The molecule has 0 atom stereocenters. The minimum absolute atomic E-state index is 0.0454. The number of rotatable bonds is 11. The number of carbonyl (C=O) groups excluding carboxylic acids is 1. The monoisotopic (exact) mass is 499 g/mol. The number of benzene rings is 3. The lowest BCUT2D eigenvalue weighted by Crippen LogP contribution is -2.29. The standard InChI is InChI=1S/C24H25N3O7S/c1-33-22-7-4-8-23(16-22)34-14-13-25-24(28)19-11-9-18(10-12-19)17-26(35(2,31)32)20-5-3-6-21(15-20)27(29)30/h3-12,15-16H,13-14,17H2,1-2H3,(H,25,28). The minimum Gasteiger partial charge on any atom is -0.497 e. The van der Waals surface area contributed by atoms with E-state index in [0.29, 0.717) is 22.6 Å². The molecule has 0 bridgehead atoms. The van der Waals surface area contributed by atoms with Crippen LogP contribution in [0.1, 0.15) is 15.9 Å². The molecule has 0 aliphatic heterocycles. The average molecular weight is 500 g/mol. The maximum atomic E-state index is 12.4. The van der Waals surface area contributed by atoms with Crippen LogP contribution in [0.4, 0.5) is 11.4 Å². The first-order chi connectivity index (χ1) is 16.7. The van der Waals surface area contributed by atoms with Gasteiger partial charge in [0.15, 0.2) is 0 Å². The number of carbonyl (C=O) groups is 1. The van der Waals surface area contributed by atoms with Gasteiger partial charge >= 0.3 is 0 Å². The topological polar surface area (TPSA) is 128 Å². The number of sulfonamides is 1. The van der Waals surface area contributed by atoms with Crippen LogP contribution < -0.4 is 19.1 Å². The van der Waals surface area contributed by atoms with Gasteiger partial charge < -0.3 is 14.8 Å². The van der Waals surface area contributed by atoms with Gasteiger partial charge in [-0.3, -0.25) is 19.2 Å². The predicted octanol–water partition coefficient (Wildman–Crippen LogP) is 3.38. The molecule has 11 heteroatoms. The smallest absolute Gasteiger partial charge is 0.271 e. The van der Waals surface area contributed by atoms with Gasteiger partial charge in [0.1, 0.15) is 18.1 Å². The van der Waals surface area contributed by atoms with Crippen molar-refractivity contribution in [3.8, 4) is 11.5 Å². The summed E-state index contributed by atoms with van der Waals surface area (Å²) >= 11 is 0. The van der Waals surface area contributed by atoms with Gasteiger partial charge in [-0.2, -0.15) is 0 Å². The molecule has 0 radical (unpaired) electrons. The third kappa shape index (κ3) is 7.18. The van der Waals surface area contributed by atoms with Gasteiger partial charge in [0.2, 0.25) is 10.0 Å². The summed E-state index contributed by atoms with van der Waals surface area (Å²) in [6.07, 6.45) is 1.03. The van der Waals surface area contributed by atoms with Crippen molar-refractivity contribution in [1.29, 1.82) is 0 Å². The second-order valence-electron chi connectivity index (χ2n) is 7.53. The van der Waals surface area contributed by atoms with Gasteiger partial charge in [-0.25, -0.2) is 8.42 Å². The Bertz CT molecular complexity index is 1290. The third-order valence-electron chi connectivity index (χ3n) is 4.97. The van der Waals surface area contributed by atoms with Gasteiger partial charge in [-0.05, 0) is 35.9 Å². The number of hydrogen-bond donors (Lipinski definition) is 1. The Morgan fingerprint density at radius 1 is 1.03 bits per heavy atom. The molecule has 0 aromatic heterocycles. The summed E-state index contributed by atoms with van der Waals surface area (Å²) in [5, 5.41) is 13.8. The van der Waals surface area contributed by atoms with Crippen LogP contribution in [0.3, 0.4) is 0 Å². The predicted molar refractivity (Wildman–Crippen MR) is 131 cm³/mol. The Morgan fingerprint density at radius 2 is 1.71 bits per heavy atom. The van der Waals surface area contributed by atoms with Crippen LogP contribution in [0.2, 0.25) is 0 Å². The number of hydrogen-bond acceptors (Lipinski definition) is 7. The molecule has 0 heterocycles. The SMILES string of the molecule is COc1cccc(OCCNC(=O)c2ccc(CN(c3cccc([N+](=O)[O-])c3)S(C)(=O)=O)cc2)c1. The van der Waals surface area contributed by atoms with Crippen LogP contribution in [0.5, 0.6) is 11.5 Å². The summed E-state index contributed by atoms with van der Waals surface area (Å²) in [5.41, 5.74) is 0.981. The number of nitrogens with zero attached hydrogens (tertiary/aromatic N) is 2. The molecule has 3 aromatic rings. The highest BCUT2D eigenvalue weighted by molar-refractivity contribution is 7.92. The number of ether oxygens (including phenoxy) is 2. The van der Waals surface area contributed by atoms with Gasteiger partial charge in [0, 0.05) is 23.8 Å². The van der Waals surface area contributed by atoms with Crippen LogP contribution in [-0.2, 0) is 16.6 Å². The summed E-state index contributed by atoms with van der Waals surface area (Å²) in [4.78, 5) is 22.9. The fourth-order valence-electron chi connectivity index (χ4n) is 3.22. The maximum Gasteiger partial charge on any atom is 0.271 e. The van der Waals surface area contributed by atoms with Crippen molar-refractivity contribution < 1.29 is 27.6 Å². The van der Waals surface area contributed by atoms with E-state index in [0.717, 1.165) is 10.6 Å². The molecule has 1 N–H and O–H groups in total. The van der Waals surface area contributed by atoms with Crippen molar-refractivity contribution in [3.05, 3.63) is 94.0 Å². The number of nitro groups is 1. The van der Waals surface area contributed by atoms with Crippen molar-refractivity contribution in [2.24, 2.45) is 0 Å². The quantitative estimate of drug-likeness (QED) is 0.243. The molecule has 1 amide bonds. The van der Waals surface area contributed by atoms with Crippen molar-refractivity contribution in [2.45, 2.75) is 6.54 Å². The lowest BCUT2D eigenvalue weighted by Gasteiger charge is -2.22. The second kappa shape index (κ2) is 11.3. The number of non-ortho nitro benzene ring substituents is 1. The van der Waals surface area contributed by atoms with Crippen LogP contribution in [-0.4, -0.2) is 45.8 Å². The maximum absolute atomic E-state index is 12.4. The Morgan fingerprint density at radius 3 is 2.37 bits per heavy atom. The van der Waals surface area contributed by atoms with Crippen LogP contribution >= 0.6 is 0 Å². The fraction of sp³-hybridized carbons (Fsp3) is 0.208. The highest BCUT2D eigenvalue weighted by Crippen LogP contribution is 2.25. The van der Waals surface area contributed by atoms with E-state index in [1.807, 2.05) is 0 Å². The fourth-order valence-corrected chi connectivity index (χ4v) is 4.10. The van der Waals surface area contributed by atoms with Gasteiger partial charge in [-0.1, -0.05) is 24.3 Å². The van der Waals surface area contributed by atoms with E-state index in [1.165, 1.54) is 24.3 Å². The Hall–Kier alpha value is -4.12. The molecule has 0 aliphatic rings. The molecule has 0 spiro atoms. The van der Waals surface area contributed by atoms with E-state index in [-0.39, 0.29) is 37.0 Å². The first kappa shape index (κ1) is 25.5. The van der Waals surface area contributed by atoms with E-state index in [9.17, 15) is 23.3 Å². The second-order valence-corrected chi connectivity index (χ2v) is 9.43. The number of nitrogens with one attached hydrogen (secondary N) is 1. The summed E-state index contributed by atoms with van der Waals surface area (Å²) in [6, 6.07) is 19.0. The van der Waals surface area contributed by atoms with Crippen molar-refractivity contribution in [3.63, 3.8) is 0 Å². The van der Waals surface area contributed by atoms with Crippen molar-refractivity contribution >= 4 is 27.3 Å². The van der Waals surface area contributed by atoms with Crippen LogP contribution in [0.25, 0.3) is 0 Å². The number of nitro benzene ring substituents is 1. The molecule has 0 unspecified atom stereocenters. The minimum atomic E-state index is -3.72. The largest absolute Gasteiger partial charge is 0.497 e. The summed E-state index contributed by atoms with van der Waals surface area (Å²) in [5.74, 6) is 0.998. The van der Waals surface area contributed by atoms with E-state index in [1.54, 1.807) is 55.6 Å². The summed E-state index contributed by atoms with van der Waals surface area (Å²) in [7, 11) is -2.15. The number of methoxy groups -OCH3 is 1. The molecule has 184 valence electrons. The lowest BCUT2D eigenvalue weighted by molar-refractivity contribution is -0.384. The zero-order valence-corrected chi connectivity index (χ0v) is 20.0. The normalized spacial score (nSPS) is 10.9. The Balaban J connectivity index is 1.60. The van der Waals surface area contributed by atoms with E-state index < -0.39 is 14.9 Å². The first-order valence-corrected chi connectivity index (χ1v) is 12.4. The zero-order valence-electron chi connectivity index (χ0n) is 19.2. The lowest BCUT2D eigenvalue weighted by atomic mass is 10.1. The molecular weight excluding hydrogens is 474 g/mol. The summed E-state index contributed by atoms with van der Waals surface area (Å²) < 4.78 is 36.5. The number of amides is 1. The molecule has 35 heavy (non-hydrogen) atoms. The van der Waals surface area contributed by atoms with Gasteiger partial charge in [0.05, 0.1) is 37.1 Å². The highest BCUT2D eigenvalue weighted by atomic mass is 32.2. The third-order valence-corrected chi connectivity index (χ3v) is 6.11. The first-order valence-electron chi connectivity index (χ1n) is 10.5. The molecule has 0 aliphatic carbocycles.